The lowest BCUT2D eigenvalue weighted by Crippen LogP contribution is -2.39. The number of rotatable bonds is 2. The van der Waals surface area contributed by atoms with Crippen LogP contribution in [-0.2, 0) is 0 Å². The van der Waals surface area contributed by atoms with E-state index in [4.69, 9.17) is 5.11 Å². The highest BCUT2D eigenvalue weighted by atomic mass is 16.4. The first kappa shape index (κ1) is 10.8. The van der Waals surface area contributed by atoms with Crippen molar-refractivity contribution in [3.63, 3.8) is 0 Å². The van der Waals surface area contributed by atoms with Gasteiger partial charge in [0, 0.05) is 13.1 Å². The van der Waals surface area contributed by atoms with Crippen molar-refractivity contribution in [1.82, 2.24) is 15.6 Å². The molecule has 0 spiro atoms. The van der Waals surface area contributed by atoms with Crippen molar-refractivity contribution in [2.75, 3.05) is 18.1 Å². The summed E-state index contributed by atoms with van der Waals surface area (Å²) in [5, 5.41) is 18.1. The van der Waals surface area contributed by atoms with E-state index in [0.29, 0.717) is 5.69 Å². The van der Waals surface area contributed by atoms with Gasteiger partial charge in [0.05, 0.1) is 11.9 Å². The molecule has 0 unspecified atom stereocenters. The molecular weight excluding hydrogens is 208 g/mol. The highest BCUT2D eigenvalue weighted by molar-refractivity contribution is 5.91. The summed E-state index contributed by atoms with van der Waals surface area (Å²) < 4.78 is 0. The van der Waals surface area contributed by atoms with Crippen LogP contribution < -0.4 is 10.4 Å². The number of hydrazine groups is 1. The van der Waals surface area contributed by atoms with Crippen LogP contribution in [0.2, 0.25) is 0 Å². The molecule has 1 fully saturated rings. The molecule has 0 bridgehead atoms. The third kappa shape index (κ3) is 2.27. The van der Waals surface area contributed by atoms with Gasteiger partial charge in [-0.1, -0.05) is 6.42 Å². The predicted molar refractivity (Wildman–Crippen MR) is 58.2 cm³/mol. The fraction of sp³-hybridized carbons (Fsp3) is 0.500. The average Bonchev–Trinajstić information content (AvgIpc) is 2.57. The zero-order chi connectivity index (χ0) is 11.4. The van der Waals surface area contributed by atoms with Crippen molar-refractivity contribution in [3.8, 4) is 0 Å². The van der Waals surface area contributed by atoms with E-state index in [9.17, 15) is 4.79 Å². The summed E-state index contributed by atoms with van der Waals surface area (Å²) in [5.74, 6) is -1.05. The second-order valence-corrected chi connectivity index (χ2v) is 3.69. The van der Waals surface area contributed by atoms with Gasteiger partial charge in [-0.25, -0.2) is 10.2 Å². The second kappa shape index (κ2) is 4.89. The Morgan fingerprint density at radius 2 is 2.31 bits per heavy atom. The highest BCUT2D eigenvalue weighted by Gasteiger charge is 2.18. The quantitative estimate of drug-likeness (QED) is 0.765. The summed E-state index contributed by atoms with van der Waals surface area (Å²) in [6.07, 6.45) is 4.82. The van der Waals surface area contributed by atoms with Gasteiger partial charge >= 0.3 is 5.97 Å². The van der Waals surface area contributed by atoms with Crippen LogP contribution in [0.5, 0.6) is 0 Å². The number of aromatic carboxylic acids is 1. The van der Waals surface area contributed by atoms with Gasteiger partial charge in [0.1, 0.15) is 0 Å². The van der Waals surface area contributed by atoms with E-state index >= 15 is 0 Å². The van der Waals surface area contributed by atoms with Gasteiger partial charge in [-0.05, 0) is 18.9 Å². The van der Waals surface area contributed by atoms with Gasteiger partial charge in [0.15, 0.2) is 5.69 Å². The summed E-state index contributed by atoms with van der Waals surface area (Å²) >= 11 is 0. The molecule has 0 atom stereocenters. The maximum atomic E-state index is 11.0. The molecule has 0 aromatic carbocycles. The van der Waals surface area contributed by atoms with Crippen molar-refractivity contribution in [2.24, 2.45) is 0 Å². The Bertz CT molecular complexity index is 375. The summed E-state index contributed by atoms with van der Waals surface area (Å²) in [7, 11) is 0. The maximum Gasteiger partial charge on any atom is 0.358 e. The minimum absolute atomic E-state index is 0.00287. The van der Waals surface area contributed by atoms with Crippen molar-refractivity contribution in [1.29, 1.82) is 0 Å². The molecule has 16 heavy (non-hydrogen) atoms. The molecule has 1 aromatic rings. The molecule has 1 aromatic heterocycles. The Labute approximate surface area is 93.3 Å². The summed E-state index contributed by atoms with van der Waals surface area (Å²) in [5.41, 5.74) is 3.78. The number of carboxylic acids is 1. The van der Waals surface area contributed by atoms with Crippen molar-refractivity contribution in [3.05, 3.63) is 18.0 Å². The third-order valence-electron chi connectivity index (χ3n) is 2.55. The summed E-state index contributed by atoms with van der Waals surface area (Å²) in [6, 6.07) is 1.68. The van der Waals surface area contributed by atoms with Crippen molar-refractivity contribution < 1.29 is 9.90 Å². The largest absolute Gasteiger partial charge is 0.476 e. The smallest absolute Gasteiger partial charge is 0.358 e. The SMILES string of the molecule is O=C(O)c1nnccc1N1CCCCCN1. The standard InChI is InChI=1S/C10H14N4O2/c15-10(16)9-8(4-6-11-13-9)14-7-3-1-2-5-12-14/h4,6,12H,1-3,5,7H2,(H,15,16). The molecule has 6 nitrogen and oxygen atoms in total. The Kier molecular flexibility index (Phi) is 3.31. The zero-order valence-electron chi connectivity index (χ0n) is 8.89. The molecule has 2 rings (SSSR count). The third-order valence-corrected chi connectivity index (χ3v) is 2.55. The lowest BCUT2D eigenvalue weighted by molar-refractivity contribution is 0.0689. The average molecular weight is 222 g/mol. The predicted octanol–water partition coefficient (Wildman–Crippen LogP) is 0.670. The normalized spacial score (nSPS) is 16.9. The number of nitrogens with zero attached hydrogens (tertiary/aromatic N) is 3. The fourth-order valence-electron chi connectivity index (χ4n) is 1.77. The van der Waals surface area contributed by atoms with Gasteiger partial charge in [0.2, 0.25) is 0 Å². The first-order valence-electron chi connectivity index (χ1n) is 5.35. The molecule has 2 N–H and O–H groups in total. The van der Waals surface area contributed by atoms with Gasteiger partial charge in [-0.2, -0.15) is 5.10 Å². The van der Waals surface area contributed by atoms with Gasteiger partial charge in [-0.15, -0.1) is 5.10 Å². The van der Waals surface area contributed by atoms with E-state index in [1.165, 1.54) is 6.20 Å². The van der Waals surface area contributed by atoms with E-state index < -0.39 is 5.97 Å². The van der Waals surface area contributed by atoms with Crippen LogP contribution in [0.4, 0.5) is 5.69 Å². The van der Waals surface area contributed by atoms with Crippen LogP contribution in [-0.4, -0.2) is 34.4 Å². The monoisotopic (exact) mass is 222 g/mol. The molecule has 2 heterocycles. The number of anilines is 1. The molecular formula is C10H14N4O2. The topological polar surface area (TPSA) is 78.3 Å². The molecule has 1 aliphatic heterocycles. The first-order chi connectivity index (χ1) is 7.79. The van der Waals surface area contributed by atoms with E-state index in [2.05, 4.69) is 15.6 Å². The lowest BCUT2D eigenvalue weighted by atomic mass is 10.2. The van der Waals surface area contributed by atoms with Gasteiger partial charge < -0.3 is 10.1 Å². The van der Waals surface area contributed by atoms with E-state index in [0.717, 1.165) is 32.4 Å². The summed E-state index contributed by atoms with van der Waals surface area (Å²) in [6.45, 7) is 1.66. The highest BCUT2D eigenvalue weighted by Crippen LogP contribution is 2.17. The van der Waals surface area contributed by atoms with Gasteiger partial charge in [-0.3, -0.25) is 0 Å². The molecule has 0 aliphatic carbocycles. The molecule has 86 valence electrons. The number of hydrogen-bond acceptors (Lipinski definition) is 5. The van der Waals surface area contributed by atoms with Crippen LogP contribution in [0.3, 0.4) is 0 Å². The van der Waals surface area contributed by atoms with Crippen LogP contribution in [0.25, 0.3) is 0 Å². The second-order valence-electron chi connectivity index (χ2n) is 3.69. The summed E-state index contributed by atoms with van der Waals surface area (Å²) in [4.78, 5) is 11.0. The molecule has 0 amide bonds. The molecule has 0 radical (unpaired) electrons. The fourth-order valence-corrected chi connectivity index (χ4v) is 1.77. The minimum Gasteiger partial charge on any atom is -0.476 e. The number of carboxylic acid groups (broad SMARTS) is 1. The number of hydrogen-bond donors (Lipinski definition) is 2. The number of nitrogens with one attached hydrogen (secondary N) is 1. The van der Waals surface area contributed by atoms with Crippen LogP contribution in [0.1, 0.15) is 29.8 Å². The van der Waals surface area contributed by atoms with Gasteiger partial charge in [0.25, 0.3) is 0 Å². The van der Waals surface area contributed by atoms with E-state index in [1.54, 1.807) is 6.07 Å². The van der Waals surface area contributed by atoms with E-state index in [-0.39, 0.29) is 5.69 Å². The molecule has 0 saturated carbocycles. The molecule has 6 heteroatoms. The Morgan fingerprint density at radius 3 is 3.12 bits per heavy atom. The lowest BCUT2D eigenvalue weighted by Gasteiger charge is -2.23. The Hall–Kier alpha value is -1.69. The molecule has 1 saturated heterocycles. The first-order valence-corrected chi connectivity index (χ1v) is 5.35. The van der Waals surface area contributed by atoms with E-state index in [1.807, 2.05) is 5.01 Å². The van der Waals surface area contributed by atoms with Crippen LogP contribution in [0.15, 0.2) is 12.3 Å². The van der Waals surface area contributed by atoms with Crippen LogP contribution >= 0.6 is 0 Å². The molecule has 1 aliphatic rings. The zero-order valence-corrected chi connectivity index (χ0v) is 8.89. The Morgan fingerprint density at radius 1 is 1.44 bits per heavy atom. The Balaban J connectivity index is 2.27. The van der Waals surface area contributed by atoms with Crippen LogP contribution in [0, 0.1) is 0 Å². The number of aromatic nitrogens is 2. The van der Waals surface area contributed by atoms with Crippen molar-refractivity contribution >= 4 is 11.7 Å². The number of carbonyl (C=O) groups is 1. The minimum atomic E-state index is -1.05. The van der Waals surface area contributed by atoms with Crippen molar-refractivity contribution in [2.45, 2.75) is 19.3 Å². The maximum absolute atomic E-state index is 11.0.